The lowest BCUT2D eigenvalue weighted by molar-refractivity contribution is -0.927. The van der Waals surface area contributed by atoms with Crippen LogP contribution in [0.25, 0.3) is 0 Å². The van der Waals surface area contributed by atoms with Crippen molar-refractivity contribution < 1.29 is 41.7 Å². The average Bonchev–Trinajstić information content (AvgIpc) is 2.63. The molecule has 27 heavy (non-hydrogen) atoms. The lowest BCUT2D eigenvalue weighted by atomic mass is 10.2. The van der Waals surface area contributed by atoms with Crippen molar-refractivity contribution in [2.24, 2.45) is 0 Å². The lowest BCUT2D eigenvalue weighted by Gasteiger charge is -2.48. The standard InChI is InChI=1S/C21H42NO3Si.HI/c1-8-15-22(16-9-2,17-10-3)21(14-7)26(23-18-11-4,24-19-12-5)25-20-13-6;/h8-10,21H,1-3,11-20H2,4-7H3;1H/q+1;/p-1. The van der Waals surface area contributed by atoms with Gasteiger partial charge in [0, 0.05) is 26.2 Å². The first-order valence-corrected chi connectivity index (χ1v) is 12.0. The molecule has 0 spiro atoms. The number of hydrogen-bond acceptors (Lipinski definition) is 3. The third-order valence-electron chi connectivity index (χ3n) is 4.46. The van der Waals surface area contributed by atoms with Gasteiger partial charge in [0.05, 0.1) is 19.6 Å². The number of rotatable bonds is 18. The Hall–Kier alpha value is 0.00688. The second kappa shape index (κ2) is 16.9. The van der Waals surface area contributed by atoms with Gasteiger partial charge in [0.15, 0.2) is 5.67 Å². The van der Waals surface area contributed by atoms with Crippen LogP contribution in [0.1, 0.15) is 53.4 Å². The van der Waals surface area contributed by atoms with E-state index in [0.717, 1.165) is 49.8 Å². The molecule has 1 atom stereocenters. The van der Waals surface area contributed by atoms with E-state index in [1.807, 2.05) is 18.2 Å². The van der Waals surface area contributed by atoms with Crippen LogP contribution in [0.5, 0.6) is 0 Å². The third kappa shape index (κ3) is 8.91. The van der Waals surface area contributed by atoms with Gasteiger partial charge in [-0.15, -0.1) is 0 Å². The maximum Gasteiger partial charge on any atom is 0.562 e. The van der Waals surface area contributed by atoms with Crippen LogP contribution < -0.4 is 24.0 Å². The van der Waals surface area contributed by atoms with Gasteiger partial charge in [-0.3, -0.25) is 0 Å². The minimum atomic E-state index is -2.91. The van der Waals surface area contributed by atoms with Crippen LogP contribution >= 0.6 is 0 Å². The van der Waals surface area contributed by atoms with Crippen molar-refractivity contribution in [2.75, 3.05) is 39.5 Å². The van der Waals surface area contributed by atoms with Gasteiger partial charge in [0.25, 0.3) is 0 Å². The van der Waals surface area contributed by atoms with E-state index in [1.165, 1.54) is 0 Å². The Morgan fingerprint density at radius 1 is 0.741 bits per heavy atom. The van der Waals surface area contributed by atoms with E-state index >= 15 is 0 Å². The first-order chi connectivity index (χ1) is 12.6. The fourth-order valence-electron chi connectivity index (χ4n) is 3.50. The molecule has 1 unspecified atom stereocenters. The summed E-state index contributed by atoms with van der Waals surface area (Å²) in [6, 6.07) is 0. The van der Waals surface area contributed by atoms with Crippen LogP contribution in [0, 0.1) is 0 Å². The SMILES string of the molecule is C=CC[N+](CC=C)(CC=C)C(CC)[Si](OCCC)(OCCC)OCCC.[I-]. The summed E-state index contributed by atoms with van der Waals surface area (Å²) in [5, 5.41) is 0. The van der Waals surface area contributed by atoms with E-state index in [-0.39, 0.29) is 29.6 Å². The van der Waals surface area contributed by atoms with Crippen molar-refractivity contribution in [1.29, 1.82) is 0 Å². The van der Waals surface area contributed by atoms with E-state index in [1.54, 1.807) is 0 Å². The van der Waals surface area contributed by atoms with Gasteiger partial charge in [0.2, 0.25) is 0 Å². The summed E-state index contributed by atoms with van der Waals surface area (Å²) in [7, 11) is -2.91. The molecule has 0 aromatic carbocycles. The molecule has 6 heteroatoms. The zero-order chi connectivity index (χ0) is 19.9. The zero-order valence-electron chi connectivity index (χ0n) is 18.1. The molecule has 0 N–H and O–H groups in total. The fourth-order valence-corrected chi connectivity index (χ4v) is 7.28. The summed E-state index contributed by atoms with van der Waals surface area (Å²) in [6.07, 6.45) is 9.69. The number of hydrogen-bond donors (Lipinski definition) is 0. The molecule has 0 bridgehead atoms. The average molecular weight is 512 g/mol. The van der Waals surface area contributed by atoms with Crippen LogP contribution in [0.15, 0.2) is 38.0 Å². The quantitative estimate of drug-likeness (QED) is 0.122. The first-order valence-electron chi connectivity index (χ1n) is 10.2. The predicted octanol–water partition coefficient (Wildman–Crippen LogP) is 1.90. The van der Waals surface area contributed by atoms with Crippen LogP contribution in [0.4, 0.5) is 0 Å². The molecule has 0 aliphatic heterocycles. The summed E-state index contributed by atoms with van der Waals surface area (Å²) in [5.74, 6) is 0. The molecule has 4 nitrogen and oxygen atoms in total. The first kappa shape index (κ1) is 29.2. The van der Waals surface area contributed by atoms with E-state index in [0.29, 0.717) is 19.8 Å². The van der Waals surface area contributed by atoms with E-state index < -0.39 is 8.80 Å². The van der Waals surface area contributed by atoms with Crippen molar-refractivity contribution >= 4 is 8.80 Å². The minimum Gasteiger partial charge on any atom is -1.00 e. The highest BCUT2D eigenvalue weighted by molar-refractivity contribution is 6.62. The van der Waals surface area contributed by atoms with E-state index in [9.17, 15) is 0 Å². The Morgan fingerprint density at radius 3 is 1.30 bits per heavy atom. The van der Waals surface area contributed by atoms with Gasteiger partial charge in [0.1, 0.15) is 0 Å². The predicted molar refractivity (Wildman–Crippen MR) is 114 cm³/mol. The van der Waals surface area contributed by atoms with Crippen molar-refractivity contribution in [2.45, 2.75) is 59.0 Å². The summed E-state index contributed by atoms with van der Waals surface area (Å²) in [6.45, 7) is 25.0. The van der Waals surface area contributed by atoms with Gasteiger partial charge < -0.3 is 41.7 Å². The van der Waals surface area contributed by atoms with Crippen LogP contribution in [0.3, 0.4) is 0 Å². The van der Waals surface area contributed by atoms with Crippen molar-refractivity contribution in [3.05, 3.63) is 38.0 Å². The maximum absolute atomic E-state index is 6.46. The smallest absolute Gasteiger partial charge is 0.562 e. The molecule has 0 fully saturated rings. The molecule has 0 rings (SSSR count). The Kier molecular flexibility index (Phi) is 18.3. The molecule has 0 amide bonds. The van der Waals surface area contributed by atoms with Crippen molar-refractivity contribution in [1.82, 2.24) is 0 Å². The molecule has 0 aromatic heterocycles. The summed E-state index contributed by atoms with van der Waals surface area (Å²) >= 11 is 0. The third-order valence-corrected chi connectivity index (χ3v) is 8.05. The Labute approximate surface area is 186 Å². The van der Waals surface area contributed by atoms with E-state index in [4.69, 9.17) is 13.3 Å². The summed E-state index contributed by atoms with van der Waals surface area (Å²) < 4.78 is 20.1. The zero-order valence-corrected chi connectivity index (χ0v) is 21.2. The monoisotopic (exact) mass is 511 g/mol. The van der Waals surface area contributed by atoms with Gasteiger partial charge in [-0.05, 0) is 37.5 Å². The normalized spacial score (nSPS) is 12.9. The molecular formula is C21H42INO3Si. The molecule has 0 aliphatic carbocycles. The molecule has 0 saturated heterocycles. The molecular weight excluding hydrogens is 469 g/mol. The molecule has 0 aromatic rings. The van der Waals surface area contributed by atoms with E-state index in [2.05, 4.69) is 47.4 Å². The summed E-state index contributed by atoms with van der Waals surface area (Å²) in [4.78, 5) is 0. The highest BCUT2D eigenvalue weighted by Crippen LogP contribution is 2.30. The maximum atomic E-state index is 6.46. The van der Waals surface area contributed by atoms with Crippen molar-refractivity contribution in [3.8, 4) is 0 Å². The number of nitrogens with zero attached hydrogens (tertiary/aromatic N) is 1. The van der Waals surface area contributed by atoms with Crippen LogP contribution in [-0.4, -0.2) is 58.4 Å². The summed E-state index contributed by atoms with van der Waals surface area (Å²) in [5.41, 5.74) is 0.126. The number of quaternary nitrogens is 1. The van der Waals surface area contributed by atoms with Gasteiger partial charge in [-0.25, -0.2) is 0 Å². The van der Waals surface area contributed by atoms with Crippen molar-refractivity contribution in [3.63, 3.8) is 0 Å². The molecule has 0 heterocycles. The Bertz CT molecular complexity index is 359. The molecule has 0 radical (unpaired) electrons. The molecule has 0 saturated carbocycles. The number of halogens is 1. The van der Waals surface area contributed by atoms with Gasteiger partial charge >= 0.3 is 8.80 Å². The molecule has 0 aliphatic rings. The van der Waals surface area contributed by atoms with Gasteiger partial charge in [-0.1, -0.05) is 47.4 Å². The Balaban J connectivity index is 0. The Morgan fingerprint density at radius 2 is 1.07 bits per heavy atom. The van der Waals surface area contributed by atoms with Gasteiger partial charge in [-0.2, -0.15) is 0 Å². The molecule has 160 valence electrons. The lowest BCUT2D eigenvalue weighted by Crippen LogP contribution is -3.00. The second-order valence-electron chi connectivity index (χ2n) is 6.71. The minimum absolute atomic E-state index is 0. The highest BCUT2D eigenvalue weighted by atomic mass is 127. The van der Waals surface area contributed by atoms with Crippen LogP contribution in [0.2, 0.25) is 0 Å². The van der Waals surface area contributed by atoms with Crippen LogP contribution in [-0.2, 0) is 13.3 Å². The highest BCUT2D eigenvalue weighted by Gasteiger charge is 2.58. The topological polar surface area (TPSA) is 27.7 Å². The second-order valence-corrected chi connectivity index (χ2v) is 9.44. The fraction of sp³-hybridized carbons (Fsp3) is 0.714. The largest absolute Gasteiger partial charge is 1.00 e.